The second-order valence-electron chi connectivity index (χ2n) is 14.4. The van der Waals surface area contributed by atoms with Gasteiger partial charge in [0, 0.05) is 0 Å². The van der Waals surface area contributed by atoms with Gasteiger partial charge in [0.05, 0.1) is 0 Å². The molecule has 0 amide bonds. The van der Waals surface area contributed by atoms with E-state index in [9.17, 15) is 0 Å². The van der Waals surface area contributed by atoms with Gasteiger partial charge in [0.2, 0.25) is 0 Å². The van der Waals surface area contributed by atoms with Crippen molar-refractivity contribution in [3.8, 4) is 0 Å². The van der Waals surface area contributed by atoms with Gasteiger partial charge in [0.1, 0.15) is 0 Å². The number of rotatable bonds is 0. The molecule has 3 aliphatic heterocycles. The molecular weight excluding hydrogens is 558 g/mol. The molecule has 8 heteroatoms. The second-order valence-corrected chi connectivity index (χ2v) is 50.1. The van der Waals surface area contributed by atoms with Crippen molar-refractivity contribution >= 4 is 38.6 Å². The van der Waals surface area contributed by atoms with Crippen LogP contribution in [-0.2, 0) is 0 Å². The fourth-order valence-corrected chi connectivity index (χ4v) is 108. The summed E-state index contributed by atoms with van der Waals surface area (Å²) in [6.07, 6.45) is 0. The number of hydrogen-bond acceptors (Lipinski definition) is 4. The Balaban J connectivity index is 2.21. The van der Waals surface area contributed by atoms with Crippen LogP contribution in [0.2, 0.25) is 0 Å². The molecule has 3 aliphatic rings. The predicted octanol–water partition coefficient (Wildman–Crippen LogP) is 4.26. The van der Waals surface area contributed by atoms with Crippen molar-refractivity contribution < 1.29 is 0 Å². The van der Waals surface area contributed by atoms with Crippen LogP contribution in [-0.4, -0.2) is 103 Å². The summed E-state index contributed by atoms with van der Waals surface area (Å²) < 4.78 is 12.5. The van der Waals surface area contributed by atoms with Gasteiger partial charge in [0.25, 0.3) is 0 Å². The van der Waals surface area contributed by atoms with Gasteiger partial charge in [-0.05, 0) is 0 Å². The van der Waals surface area contributed by atoms with Gasteiger partial charge in [0.15, 0.2) is 0 Å². The summed E-state index contributed by atoms with van der Waals surface area (Å²) in [6.45, 7) is 40.1. The van der Waals surface area contributed by atoms with Gasteiger partial charge in [-0.25, -0.2) is 0 Å². The molecule has 0 N–H and O–H groups in total. The van der Waals surface area contributed by atoms with Gasteiger partial charge in [-0.2, -0.15) is 0 Å². The van der Waals surface area contributed by atoms with Crippen LogP contribution in [0.1, 0.15) is 111 Å². The van der Waals surface area contributed by atoms with E-state index < -0.39 is 11.2 Å². The summed E-state index contributed by atoms with van der Waals surface area (Å²) >= 11 is 1.39. The van der Waals surface area contributed by atoms with E-state index in [4.69, 9.17) is 0 Å². The third-order valence-corrected chi connectivity index (χ3v) is 81.4. The molecule has 0 saturated carbocycles. The van der Waals surface area contributed by atoms with E-state index in [0.717, 1.165) is 0 Å². The number of hydrogen-bond donors (Lipinski definition) is 0. The van der Waals surface area contributed by atoms with Crippen LogP contribution in [0.25, 0.3) is 0 Å². The third kappa shape index (κ3) is 3.95. The first-order chi connectivity index (χ1) is 14.0. The van der Waals surface area contributed by atoms with Crippen LogP contribution < -0.4 is 0 Å². The Bertz CT molecular complexity index is 612. The average molecular weight is 611 g/mol. The predicted molar refractivity (Wildman–Crippen MR) is 147 cm³/mol. The molecule has 2 spiro atoms. The molecule has 32 heavy (non-hydrogen) atoms. The normalized spacial score (nSPS) is 41.2. The SMILES string of the molecule is CC1C(C)N(C(C)(C)C)[Si]2([Se][Si]3([Se]2)N(C(C)(C)C)C(C)C(C)N3C(C)(C)C)N1C(C)(C)C. The first kappa shape index (κ1) is 27.9. The van der Waals surface area contributed by atoms with Crippen LogP contribution in [0.15, 0.2) is 0 Å². The first-order valence-electron chi connectivity index (χ1n) is 12.6. The van der Waals surface area contributed by atoms with Crippen LogP contribution in [0.3, 0.4) is 0 Å². The van der Waals surface area contributed by atoms with Gasteiger partial charge in [-0.1, -0.05) is 0 Å². The molecule has 3 heterocycles. The Morgan fingerprint density at radius 1 is 0.406 bits per heavy atom. The molecule has 0 aromatic heterocycles. The molecule has 0 radical (unpaired) electrons. The van der Waals surface area contributed by atoms with Gasteiger partial charge in [-0.15, -0.1) is 0 Å². The molecule has 0 aromatic rings. The zero-order valence-electron chi connectivity index (χ0n) is 23.9. The van der Waals surface area contributed by atoms with Crippen molar-refractivity contribution in [2.24, 2.45) is 0 Å². The fraction of sp³-hybridized carbons (Fsp3) is 1.00. The van der Waals surface area contributed by atoms with Gasteiger partial charge < -0.3 is 0 Å². The fourth-order valence-electron chi connectivity index (χ4n) is 7.01. The summed E-state index contributed by atoms with van der Waals surface area (Å²) in [6, 6.07) is 2.61. The van der Waals surface area contributed by atoms with Gasteiger partial charge >= 0.3 is 214 Å². The molecule has 0 aliphatic carbocycles. The maximum absolute atomic E-state index is 3.13. The van der Waals surface area contributed by atoms with E-state index in [1.807, 2.05) is 0 Å². The van der Waals surface area contributed by atoms with Crippen LogP contribution in [0, 0.1) is 0 Å². The van der Waals surface area contributed by atoms with Crippen molar-refractivity contribution in [2.45, 2.75) is 157 Å². The van der Waals surface area contributed by atoms with E-state index in [-0.39, 0.29) is 22.2 Å². The zero-order chi connectivity index (χ0) is 25.0. The molecule has 3 rings (SSSR count). The molecule has 0 aromatic carbocycles. The van der Waals surface area contributed by atoms with E-state index >= 15 is 0 Å². The van der Waals surface area contributed by atoms with Crippen molar-refractivity contribution in [2.75, 3.05) is 0 Å². The zero-order valence-corrected chi connectivity index (χ0v) is 29.3. The molecule has 3 saturated heterocycles. The van der Waals surface area contributed by atoms with Crippen LogP contribution in [0.5, 0.6) is 0 Å². The Morgan fingerprint density at radius 3 is 0.688 bits per heavy atom. The molecule has 4 unspecified atom stereocenters. The van der Waals surface area contributed by atoms with Crippen LogP contribution >= 0.6 is 0 Å². The summed E-state index contributed by atoms with van der Waals surface area (Å²) in [5.41, 5.74) is -2.43. The van der Waals surface area contributed by atoms with Crippen molar-refractivity contribution in [3.63, 3.8) is 0 Å². The second kappa shape index (κ2) is 7.90. The Hall–Kier alpha value is 1.31. The quantitative estimate of drug-likeness (QED) is 0.380. The van der Waals surface area contributed by atoms with E-state index in [1.54, 1.807) is 0 Å². The van der Waals surface area contributed by atoms with Crippen molar-refractivity contribution in [3.05, 3.63) is 0 Å². The summed E-state index contributed by atoms with van der Waals surface area (Å²) in [4.78, 5) is 0. The summed E-state index contributed by atoms with van der Waals surface area (Å²) in [5, 5.41) is 0. The standard InChI is InChI=1S/C24H52N4Se2Si2/c1-17-18(2)26(22(8,9)10)31(25(17)21(5,6)7)29-32(30-31)27(23(11,12)13)19(3)20(4)28(32)24(14,15)16/h17-20H,1-16H3. The minimum atomic E-state index is -1.70. The van der Waals surface area contributed by atoms with Gasteiger partial charge in [-0.3, -0.25) is 0 Å². The van der Waals surface area contributed by atoms with E-state index in [1.165, 1.54) is 0 Å². The molecule has 188 valence electrons. The molecule has 0 bridgehead atoms. The van der Waals surface area contributed by atoms with Crippen molar-refractivity contribution in [1.29, 1.82) is 0 Å². The Morgan fingerprint density at radius 2 is 0.562 bits per heavy atom. The van der Waals surface area contributed by atoms with E-state index in [2.05, 4.69) is 129 Å². The average Bonchev–Trinajstić information content (AvgIpc) is 2.84. The minimum absolute atomic E-state index is 0.244. The Labute approximate surface area is 213 Å². The van der Waals surface area contributed by atoms with Crippen LogP contribution in [0.4, 0.5) is 0 Å². The molecule has 4 nitrogen and oxygen atoms in total. The number of nitrogens with zero attached hydrogens (tertiary/aromatic N) is 4. The third-order valence-electron chi connectivity index (χ3n) is 7.67. The Kier molecular flexibility index (Phi) is 6.89. The van der Waals surface area contributed by atoms with Crippen molar-refractivity contribution in [1.82, 2.24) is 18.3 Å². The topological polar surface area (TPSA) is 13.0 Å². The summed E-state index contributed by atoms with van der Waals surface area (Å²) in [7, 11) is 0. The summed E-state index contributed by atoms with van der Waals surface area (Å²) in [5.74, 6) is 0. The molecule has 4 atom stereocenters. The maximum atomic E-state index is 3.13. The molecule has 3 fully saturated rings. The molecular formula is C24H52N4Se2Si2. The van der Waals surface area contributed by atoms with E-state index in [0.29, 0.717) is 51.5 Å². The first-order valence-corrected chi connectivity index (χ1v) is 26.3. The monoisotopic (exact) mass is 612 g/mol.